The fourth-order valence-corrected chi connectivity index (χ4v) is 2.06. The second kappa shape index (κ2) is 7.08. The van der Waals surface area contributed by atoms with Crippen molar-refractivity contribution >= 4 is 0 Å². The lowest BCUT2D eigenvalue weighted by molar-refractivity contribution is 0.0825. The normalized spacial score (nSPS) is 26.7. The summed E-state index contributed by atoms with van der Waals surface area (Å²) in [5.41, 5.74) is 1.49. The molecule has 1 heterocycles. The Morgan fingerprint density at radius 1 is 1.44 bits per heavy atom. The Labute approximate surface area is 100 Å². The minimum atomic E-state index is 0.357. The Hall–Kier alpha value is -0.340. The minimum Gasteiger partial charge on any atom is -0.371 e. The van der Waals surface area contributed by atoms with Crippen LogP contribution in [-0.4, -0.2) is 25.3 Å². The number of nitrogens with one attached hydrogen (secondary N) is 1. The van der Waals surface area contributed by atoms with Crippen LogP contribution in [0.25, 0.3) is 0 Å². The summed E-state index contributed by atoms with van der Waals surface area (Å²) in [5, 5.41) is 3.48. The van der Waals surface area contributed by atoms with Crippen LogP contribution in [-0.2, 0) is 4.74 Å². The van der Waals surface area contributed by atoms with Crippen LogP contribution in [0.1, 0.15) is 47.0 Å². The number of ether oxygens (including phenoxy) is 1. The van der Waals surface area contributed by atoms with Gasteiger partial charge in [-0.1, -0.05) is 32.4 Å². The molecule has 0 saturated carbocycles. The van der Waals surface area contributed by atoms with Crippen molar-refractivity contribution in [2.75, 3.05) is 13.1 Å². The highest BCUT2D eigenvalue weighted by Gasteiger charge is 2.20. The molecule has 1 fully saturated rings. The summed E-state index contributed by atoms with van der Waals surface area (Å²) in [7, 11) is 0. The predicted octanol–water partition coefficient (Wildman–Crippen LogP) is 3.14. The van der Waals surface area contributed by atoms with Gasteiger partial charge in [0.25, 0.3) is 0 Å². The first kappa shape index (κ1) is 13.7. The maximum absolute atomic E-state index is 5.84. The fourth-order valence-electron chi connectivity index (χ4n) is 2.06. The lowest BCUT2D eigenvalue weighted by Crippen LogP contribution is -2.21. The average Bonchev–Trinajstić information content (AvgIpc) is 2.63. The molecule has 1 saturated heterocycles. The van der Waals surface area contributed by atoms with Gasteiger partial charge in [-0.3, -0.25) is 0 Å². The average molecular weight is 225 g/mol. The van der Waals surface area contributed by atoms with E-state index in [0.29, 0.717) is 18.1 Å². The van der Waals surface area contributed by atoms with E-state index >= 15 is 0 Å². The maximum Gasteiger partial charge on any atom is 0.0763 e. The van der Waals surface area contributed by atoms with E-state index < -0.39 is 0 Å². The molecule has 0 aromatic heterocycles. The second-order valence-corrected chi connectivity index (χ2v) is 5.14. The molecule has 2 nitrogen and oxygen atoms in total. The van der Waals surface area contributed by atoms with E-state index in [9.17, 15) is 0 Å². The van der Waals surface area contributed by atoms with Gasteiger partial charge in [-0.25, -0.2) is 0 Å². The lowest BCUT2D eigenvalue weighted by atomic mass is 10.0. The van der Waals surface area contributed by atoms with Crippen molar-refractivity contribution < 1.29 is 4.74 Å². The van der Waals surface area contributed by atoms with E-state index in [2.05, 4.69) is 39.1 Å². The van der Waals surface area contributed by atoms with Gasteiger partial charge in [0.05, 0.1) is 12.2 Å². The summed E-state index contributed by atoms with van der Waals surface area (Å²) in [6, 6.07) is 0. The highest BCUT2D eigenvalue weighted by Crippen LogP contribution is 2.22. The van der Waals surface area contributed by atoms with E-state index in [0.717, 1.165) is 13.1 Å². The van der Waals surface area contributed by atoms with E-state index in [-0.39, 0.29) is 0 Å². The first-order valence-electron chi connectivity index (χ1n) is 6.70. The molecule has 0 amide bonds. The zero-order valence-electron chi connectivity index (χ0n) is 11.3. The van der Waals surface area contributed by atoms with Gasteiger partial charge < -0.3 is 10.1 Å². The molecule has 1 rings (SSSR count). The van der Waals surface area contributed by atoms with E-state index in [4.69, 9.17) is 4.74 Å². The van der Waals surface area contributed by atoms with Gasteiger partial charge >= 0.3 is 0 Å². The van der Waals surface area contributed by atoms with Crippen molar-refractivity contribution in [3.05, 3.63) is 11.6 Å². The molecule has 16 heavy (non-hydrogen) atoms. The molecule has 0 aromatic carbocycles. The van der Waals surface area contributed by atoms with Crippen LogP contribution in [0.5, 0.6) is 0 Å². The quantitative estimate of drug-likeness (QED) is 0.554. The van der Waals surface area contributed by atoms with Crippen LogP contribution in [0.15, 0.2) is 11.6 Å². The summed E-state index contributed by atoms with van der Waals surface area (Å²) >= 11 is 0. The summed E-state index contributed by atoms with van der Waals surface area (Å²) in [6.45, 7) is 11.0. The van der Waals surface area contributed by atoms with Gasteiger partial charge in [0, 0.05) is 6.54 Å². The lowest BCUT2D eigenvalue weighted by Gasteiger charge is -2.15. The van der Waals surface area contributed by atoms with Gasteiger partial charge in [-0.15, -0.1) is 0 Å². The van der Waals surface area contributed by atoms with Crippen molar-refractivity contribution in [2.45, 2.75) is 59.2 Å². The van der Waals surface area contributed by atoms with Crippen LogP contribution >= 0.6 is 0 Å². The summed E-state index contributed by atoms with van der Waals surface area (Å²) < 4.78 is 5.84. The van der Waals surface area contributed by atoms with Crippen LogP contribution in [0.2, 0.25) is 0 Å². The first-order chi connectivity index (χ1) is 7.63. The molecular formula is C14H27NO. The van der Waals surface area contributed by atoms with Gasteiger partial charge in [0.1, 0.15) is 0 Å². The topological polar surface area (TPSA) is 21.3 Å². The molecular weight excluding hydrogens is 198 g/mol. The van der Waals surface area contributed by atoms with E-state index in [1.54, 1.807) is 0 Å². The molecule has 2 unspecified atom stereocenters. The van der Waals surface area contributed by atoms with Crippen LogP contribution in [0.4, 0.5) is 0 Å². The van der Waals surface area contributed by atoms with Gasteiger partial charge in [-0.05, 0) is 38.6 Å². The molecule has 0 radical (unpaired) electrons. The monoisotopic (exact) mass is 225 g/mol. The summed E-state index contributed by atoms with van der Waals surface area (Å²) in [6.07, 6.45) is 6.73. The highest BCUT2D eigenvalue weighted by molar-refractivity contribution is 5.10. The van der Waals surface area contributed by atoms with E-state index in [1.165, 1.54) is 24.8 Å². The number of hydrogen-bond acceptors (Lipinski definition) is 2. The molecule has 1 N–H and O–H groups in total. The Balaban J connectivity index is 2.45. The van der Waals surface area contributed by atoms with Crippen molar-refractivity contribution in [3.8, 4) is 0 Å². The predicted molar refractivity (Wildman–Crippen MR) is 69.7 cm³/mol. The Morgan fingerprint density at radius 3 is 2.69 bits per heavy atom. The Bertz CT molecular complexity index is 223. The summed E-state index contributed by atoms with van der Waals surface area (Å²) in [4.78, 5) is 0. The minimum absolute atomic E-state index is 0.357. The molecule has 0 bridgehead atoms. The largest absolute Gasteiger partial charge is 0.371 e. The number of hydrogen-bond donors (Lipinski definition) is 1. The van der Waals surface area contributed by atoms with Crippen LogP contribution in [0, 0.1) is 5.92 Å². The first-order valence-corrected chi connectivity index (χ1v) is 6.70. The number of rotatable bonds is 6. The van der Waals surface area contributed by atoms with Crippen molar-refractivity contribution in [1.82, 2.24) is 5.32 Å². The SMILES string of the molecule is CCCNCC(=CC1CCC(C)O1)C(C)C. The molecule has 1 aliphatic heterocycles. The Morgan fingerprint density at radius 2 is 2.19 bits per heavy atom. The smallest absolute Gasteiger partial charge is 0.0763 e. The van der Waals surface area contributed by atoms with Gasteiger partial charge in [0.15, 0.2) is 0 Å². The molecule has 94 valence electrons. The molecule has 2 atom stereocenters. The summed E-state index contributed by atoms with van der Waals surface area (Å²) in [5.74, 6) is 0.615. The van der Waals surface area contributed by atoms with Gasteiger partial charge in [0.2, 0.25) is 0 Å². The van der Waals surface area contributed by atoms with Crippen molar-refractivity contribution in [2.24, 2.45) is 5.92 Å². The van der Waals surface area contributed by atoms with Crippen LogP contribution in [0.3, 0.4) is 0 Å². The second-order valence-electron chi connectivity index (χ2n) is 5.14. The van der Waals surface area contributed by atoms with E-state index in [1.807, 2.05) is 0 Å². The van der Waals surface area contributed by atoms with Crippen molar-refractivity contribution in [3.63, 3.8) is 0 Å². The third-order valence-electron chi connectivity index (χ3n) is 3.16. The maximum atomic E-state index is 5.84. The third-order valence-corrected chi connectivity index (χ3v) is 3.16. The fraction of sp³-hybridized carbons (Fsp3) is 0.857. The van der Waals surface area contributed by atoms with Crippen LogP contribution < -0.4 is 5.32 Å². The molecule has 1 aliphatic rings. The zero-order chi connectivity index (χ0) is 12.0. The Kier molecular flexibility index (Phi) is 6.07. The molecule has 0 spiro atoms. The highest BCUT2D eigenvalue weighted by atomic mass is 16.5. The van der Waals surface area contributed by atoms with Crippen molar-refractivity contribution in [1.29, 1.82) is 0 Å². The zero-order valence-corrected chi connectivity index (χ0v) is 11.3. The standard InChI is InChI=1S/C14H27NO/c1-5-8-15-10-13(11(2)3)9-14-7-6-12(4)16-14/h9,11-12,14-15H,5-8,10H2,1-4H3. The molecule has 2 heteroatoms. The van der Waals surface area contributed by atoms with Gasteiger partial charge in [-0.2, -0.15) is 0 Å². The molecule has 0 aliphatic carbocycles. The third kappa shape index (κ3) is 4.67. The molecule has 0 aromatic rings.